The van der Waals surface area contributed by atoms with Crippen LogP contribution in [0.2, 0.25) is 0 Å². The van der Waals surface area contributed by atoms with Gasteiger partial charge in [-0.3, -0.25) is 4.79 Å². The first kappa shape index (κ1) is 18.6. The Morgan fingerprint density at radius 1 is 0.966 bits per heavy atom. The number of aliphatic imine (C=N–C) groups is 1. The second-order valence-corrected chi connectivity index (χ2v) is 7.22. The van der Waals surface area contributed by atoms with Gasteiger partial charge < -0.3 is 5.11 Å². The van der Waals surface area contributed by atoms with Crippen LogP contribution in [0.25, 0.3) is 16.5 Å². The van der Waals surface area contributed by atoms with Gasteiger partial charge in [-0.2, -0.15) is 0 Å². The number of nitrogens with zero attached hydrogens (tertiary/aromatic N) is 2. The molecule has 4 aromatic rings. The summed E-state index contributed by atoms with van der Waals surface area (Å²) in [7, 11) is 0. The number of hydrogen-bond donors (Lipinski definition) is 1. The topological polar surface area (TPSA) is 68.7 Å². The number of nitrogens with one attached hydrogen (secondary N) is 1. The Balaban J connectivity index is 1.99. The molecule has 2 N–H and O–H groups in total. The molecule has 2 aromatic carbocycles. The number of fused-ring (bicyclic) bond motifs is 1. The van der Waals surface area contributed by atoms with Crippen molar-refractivity contribution in [3.63, 3.8) is 0 Å². The van der Waals surface area contributed by atoms with Gasteiger partial charge >= 0.3 is 5.82 Å². The number of H-pyrrole nitrogens is 1. The lowest BCUT2D eigenvalue weighted by molar-refractivity contribution is -0.363. The molecule has 0 aliphatic carbocycles. The first-order chi connectivity index (χ1) is 14.0. The number of benzene rings is 2. The molecule has 0 aliphatic rings. The van der Waals surface area contributed by atoms with Crippen LogP contribution in [0.4, 0.5) is 5.82 Å². The van der Waals surface area contributed by atoms with Gasteiger partial charge in [-0.1, -0.05) is 35.9 Å². The largest absolute Gasteiger partial charge is 0.494 e. The average molecular weight is 384 g/mol. The highest BCUT2D eigenvalue weighted by molar-refractivity contribution is 6.02. The first-order valence-corrected chi connectivity index (χ1v) is 9.42. The molecule has 0 bridgehead atoms. The van der Waals surface area contributed by atoms with Crippen molar-refractivity contribution >= 4 is 22.8 Å². The summed E-state index contributed by atoms with van der Waals surface area (Å²) in [6, 6.07) is 16.9. The summed E-state index contributed by atoms with van der Waals surface area (Å²) in [5, 5.41) is 12.3. The molecule has 4 rings (SSSR count). The molecule has 0 unspecified atom stereocenters. The van der Waals surface area contributed by atoms with Crippen LogP contribution < -0.4 is 10.5 Å². The number of aromatic nitrogens is 2. The maximum absolute atomic E-state index is 13.2. The van der Waals surface area contributed by atoms with Crippen molar-refractivity contribution in [1.82, 2.24) is 4.57 Å². The molecule has 29 heavy (non-hydrogen) atoms. The van der Waals surface area contributed by atoms with E-state index in [1.165, 1.54) is 4.57 Å². The Kier molecular flexibility index (Phi) is 4.72. The molecule has 5 nitrogen and oxygen atoms in total. The molecule has 144 valence electrons. The number of aromatic amines is 1. The molecule has 0 fully saturated rings. The van der Waals surface area contributed by atoms with E-state index < -0.39 is 0 Å². The van der Waals surface area contributed by atoms with Gasteiger partial charge in [-0.25, -0.2) is 9.55 Å². The SMILES string of the molecule is Cc1ccc(N=Cc2c(O)n(-c3ccc(C)cc3C)c(=O)c3ccccc23)[nH+]c1. The fourth-order valence-electron chi connectivity index (χ4n) is 3.48. The second kappa shape index (κ2) is 7.36. The fourth-order valence-corrected chi connectivity index (χ4v) is 3.48. The van der Waals surface area contributed by atoms with Crippen molar-refractivity contribution in [2.45, 2.75) is 20.8 Å². The molecular formula is C24H22N3O2+. The van der Waals surface area contributed by atoms with Crippen molar-refractivity contribution in [2.24, 2.45) is 4.99 Å². The molecule has 0 spiro atoms. The summed E-state index contributed by atoms with van der Waals surface area (Å²) in [5.41, 5.74) is 3.99. The van der Waals surface area contributed by atoms with E-state index in [-0.39, 0.29) is 11.4 Å². The minimum Gasteiger partial charge on any atom is -0.494 e. The van der Waals surface area contributed by atoms with E-state index in [4.69, 9.17) is 0 Å². The summed E-state index contributed by atoms with van der Waals surface area (Å²) in [4.78, 5) is 20.8. The van der Waals surface area contributed by atoms with Gasteiger partial charge in [0.15, 0.2) is 6.21 Å². The normalized spacial score (nSPS) is 11.4. The molecule has 2 aromatic heterocycles. The maximum atomic E-state index is 13.2. The monoisotopic (exact) mass is 384 g/mol. The van der Waals surface area contributed by atoms with Gasteiger partial charge in [-0.15, -0.1) is 0 Å². The summed E-state index contributed by atoms with van der Waals surface area (Å²) in [6.07, 6.45) is 3.46. The highest BCUT2D eigenvalue weighted by Gasteiger charge is 2.18. The van der Waals surface area contributed by atoms with Crippen LogP contribution in [0.1, 0.15) is 22.3 Å². The van der Waals surface area contributed by atoms with E-state index in [2.05, 4.69) is 9.98 Å². The standard InChI is InChI=1S/C24H21N3O2/c1-15-8-10-21(17(3)12-15)27-23(28)19-7-5-4-6-18(19)20(24(27)29)14-26-22-11-9-16(2)13-25-22/h4-14,29H,1-3H3/p+1. The van der Waals surface area contributed by atoms with Crippen molar-refractivity contribution in [1.29, 1.82) is 0 Å². The number of hydrogen-bond acceptors (Lipinski definition) is 3. The lowest BCUT2D eigenvalue weighted by atomic mass is 10.1. The zero-order valence-electron chi connectivity index (χ0n) is 16.6. The zero-order valence-corrected chi connectivity index (χ0v) is 16.6. The molecule has 5 heteroatoms. The minimum absolute atomic E-state index is 0.128. The zero-order chi connectivity index (χ0) is 20.5. The van der Waals surface area contributed by atoms with Crippen molar-refractivity contribution < 1.29 is 10.1 Å². The number of pyridine rings is 2. The van der Waals surface area contributed by atoms with Crippen LogP contribution in [0.15, 0.2) is 70.6 Å². The first-order valence-electron chi connectivity index (χ1n) is 9.42. The third kappa shape index (κ3) is 3.43. The summed E-state index contributed by atoms with van der Waals surface area (Å²) >= 11 is 0. The van der Waals surface area contributed by atoms with Crippen LogP contribution in [-0.4, -0.2) is 15.9 Å². The molecule has 0 aliphatic heterocycles. The Labute approximate surface area is 168 Å². The lowest BCUT2D eigenvalue weighted by Crippen LogP contribution is -2.21. The highest BCUT2D eigenvalue weighted by Crippen LogP contribution is 2.27. The minimum atomic E-state index is -0.260. The predicted molar refractivity (Wildman–Crippen MR) is 116 cm³/mol. The van der Waals surface area contributed by atoms with E-state index in [0.717, 1.165) is 16.7 Å². The van der Waals surface area contributed by atoms with Gasteiger partial charge in [0.1, 0.15) is 0 Å². The number of aryl methyl sites for hydroxylation is 3. The predicted octanol–water partition coefficient (Wildman–Crippen LogP) is 4.19. The van der Waals surface area contributed by atoms with Crippen LogP contribution in [0.5, 0.6) is 5.88 Å². The Bertz CT molecular complexity index is 1300. The third-order valence-corrected chi connectivity index (χ3v) is 4.98. The Morgan fingerprint density at radius 3 is 2.38 bits per heavy atom. The second-order valence-electron chi connectivity index (χ2n) is 7.22. The molecule has 0 amide bonds. The van der Waals surface area contributed by atoms with Crippen LogP contribution in [0, 0.1) is 20.8 Å². The van der Waals surface area contributed by atoms with Crippen molar-refractivity contribution in [2.75, 3.05) is 0 Å². The summed E-state index contributed by atoms with van der Waals surface area (Å²) < 4.78 is 1.36. The van der Waals surface area contributed by atoms with Gasteiger partial charge in [-0.05, 0) is 55.1 Å². The molecule has 0 atom stereocenters. The fraction of sp³-hybridized carbons (Fsp3) is 0.125. The maximum Gasteiger partial charge on any atom is 0.320 e. The number of rotatable bonds is 3. The van der Waals surface area contributed by atoms with Crippen LogP contribution in [-0.2, 0) is 0 Å². The third-order valence-electron chi connectivity index (χ3n) is 4.98. The molecule has 2 heterocycles. The smallest absolute Gasteiger partial charge is 0.320 e. The van der Waals surface area contributed by atoms with Crippen molar-refractivity contribution in [3.8, 4) is 11.6 Å². The Morgan fingerprint density at radius 2 is 1.69 bits per heavy atom. The lowest BCUT2D eigenvalue weighted by Gasteiger charge is -2.15. The van der Waals surface area contributed by atoms with Gasteiger partial charge in [0.05, 0.1) is 17.4 Å². The van der Waals surface area contributed by atoms with Gasteiger partial charge in [0.25, 0.3) is 5.56 Å². The molecular weight excluding hydrogens is 362 g/mol. The Hall–Kier alpha value is -3.73. The van der Waals surface area contributed by atoms with E-state index in [0.29, 0.717) is 27.8 Å². The number of aromatic hydroxyl groups is 1. The van der Waals surface area contributed by atoms with Gasteiger partial charge in [0.2, 0.25) is 5.88 Å². The summed E-state index contributed by atoms with van der Waals surface area (Å²) in [6.45, 7) is 5.91. The summed E-state index contributed by atoms with van der Waals surface area (Å²) in [5.74, 6) is 0.528. The van der Waals surface area contributed by atoms with E-state index >= 15 is 0 Å². The van der Waals surface area contributed by atoms with E-state index in [9.17, 15) is 9.90 Å². The highest BCUT2D eigenvalue weighted by atomic mass is 16.3. The molecule has 0 radical (unpaired) electrons. The van der Waals surface area contributed by atoms with Crippen LogP contribution in [0.3, 0.4) is 0 Å². The van der Waals surface area contributed by atoms with Crippen LogP contribution >= 0.6 is 0 Å². The molecule has 0 saturated carbocycles. The van der Waals surface area contributed by atoms with Gasteiger partial charge in [0, 0.05) is 16.8 Å². The van der Waals surface area contributed by atoms with Crippen molar-refractivity contribution in [3.05, 3.63) is 93.4 Å². The quantitative estimate of drug-likeness (QED) is 0.538. The van der Waals surface area contributed by atoms with E-state index in [1.807, 2.05) is 75.5 Å². The van der Waals surface area contributed by atoms with E-state index in [1.54, 1.807) is 12.3 Å². The molecule has 0 saturated heterocycles. The average Bonchev–Trinajstić information content (AvgIpc) is 2.71.